The topological polar surface area (TPSA) is 83.8 Å². The van der Waals surface area contributed by atoms with Gasteiger partial charge in [-0.3, -0.25) is 5.10 Å². The molecule has 0 aliphatic carbocycles. The molecule has 4 aromatic rings. The SMILES string of the molecule is N#Cc1ccc(Oc2cn[nH]c2-c2cccc(COc3cccc(F)n3)c2)cc1. The molecule has 0 unspecified atom stereocenters. The molecule has 0 saturated carbocycles. The number of pyridine rings is 1. The lowest BCUT2D eigenvalue weighted by atomic mass is 10.1. The molecule has 1 N–H and O–H groups in total. The Labute approximate surface area is 166 Å². The van der Waals surface area contributed by atoms with Crippen LogP contribution in [0.2, 0.25) is 0 Å². The van der Waals surface area contributed by atoms with Crippen LogP contribution in [0.25, 0.3) is 11.3 Å². The van der Waals surface area contributed by atoms with E-state index in [0.29, 0.717) is 22.8 Å². The number of nitriles is 1. The van der Waals surface area contributed by atoms with Gasteiger partial charge in [-0.2, -0.15) is 19.7 Å². The Bertz CT molecular complexity index is 1170. The van der Waals surface area contributed by atoms with Crippen molar-refractivity contribution in [2.45, 2.75) is 6.61 Å². The summed E-state index contributed by atoms with van der Waals surface area (Å²) in [5.74, 6) is 0.794. The molecule has 0 radical (unpaired) electrons. The first-order valence-corrected chi connectivity index (χ1v) is 8.77. The molecule has 29 heavy (non-hydrogen) atoms. The number of H-pyrrole nitrogens is 1. The molecule has 0 saturated heterocycles. The van der Waals surface area contributed by atoms with E-state index in [2.05, 4.69) is 21.3 Å². The van der Waals surface area contributed by atoms with E-state index < -0.39 is 5.95 Å². The first kappa shape index (κ1) is 18.2. The van der Waals surface area contributed by atoms with Gasteiger partial charge in [0.05, 0.1) is 17.8 Å². The molecule has 0 bridgehead atoms. The molecule has 142 valence electrons. The summed E-state index contributed by atoms with van der Waals surface area (Å²) in [4.78, 5) is 3.69. The summed E-state index contributed by atoms with van der Waals surface area (Å²) in [5, 5.41) is 15.9. The highest BCUT2D eigenvalue weighted by atomic mass is 19.1. The molecule has 6 nitrogen and oxygen atoms in total. The zero-order valence-corrected chi connectivity index (χ0v) is 15.2. The van der Waals surface area contributed by atoms with Crippen molar-refractivity contribution in [2.75, 3.05) is 0 Å². The van der Waals surface area contributed by atoms with Crippen LogP contribution in [-0.4, -0.2) is 15.2 Å². The number of aromatic nitrogens is 3. The zero-order valence-electron chi connectivity index (χ0n) is 15.2. The molecule has 0 amide bonds. The second-order valence-electron chi connectivity index (χ2n) is 6.14. The second-order valence-corrected chi connectivity index (χ2v) is 6.14. The third-order valence-electron chi connectivity index (χ3n) is 4.11. The van der Waals surface area contributed by atoms with Crippen molar-refractivity contribution in [3.05, 3.63) is 90.0 Å². The smallest absolute Gasteiger partial charge is 0.216 e. The number of hydrogen-bond donors (Lipinski definition) is 1. The van der Waals surface area contributed by atoms with Gasteiger partial charge < -0.3 is 9.47 Å². The van der Waals surface area contributed by atoms with Crippen molar-refractivity contribution in [2.24, 2.45) is 0 Å². The Morgan fingerprint density at radius 2 is 1.86 bits per heavy atom. The summed E-state index contributed by atoms with van der Waals surface area (Å²) in [7, 11) is 0. The molecular formula is C22H15FN4O2. The van der Waals surface area contributed by atoms with E-state index in [-0.39, 0.29) is 12.5 Å². The summed E-state index contributed by atoms with van der Waals surface area (Å²) < 4.78 is 24.6. The third kappa shape index (κ3) is 4.39. The Kier molecular flexibility index (Phi) is 5.16. The van der Waals surface area contributed by atoms with E-state index in [4.69, 9.17) is 14.7 Å². The van der Waals surface area contributed by atoms with Gasteiger partial charge in [-0.25, -0.2) is 0 Å². The van der Waals surface area contributed by atoms with Gasteiger partial charge in [-0.1, -0.05) is 24.3 Å². The number of rotatable bonds is 6. The number of benzene rings is 2. The summed E-state index contributed by atoms with van der Waals surface area (Å²) in [6.45, 7) is 0.240. The van der Waals surface area contributed by atoms with E-state index >= 15 is 0 Å². The van der Waals surface area contributed by atoms with Gasteiger partial charge in [0.15, 0.2) is 5.75 Å². The minimum absolute atomic E-state index is 0.224. The number of aromatic amines is 1. The molecule has 2 aromatic carbocycles. The standard InChI is InChI=1S/C22H15FN4O2/c23-20-5-2-6-21(26-20)28-14-16-3-1-4-17(11-16)22-19(13-25-27-22)29-18-9-7-15(12-24)8-10-18/h1-11,13H,14H2,(H,25,27). The molecule has 0 spiro atoms. The van der Waals surface area contributed by atoms with Crippen LogP contribution in [0.1, 0.15) is 11.1 Å². The summed E-state index contributed by atoms with van der Waals surface area (Å²) in [6, 6.07) is 21.0. The normalized spacial score (nSPS) is 10.3. The molecule has 2 aromatic heterocycles. The van der Waals surface area contributed by atoms with Gasteiger partial charge in [-0.15, -0.1) is 0 Å². The molecule has 7 heteroatoms. The van der Waals surface area contributed by atoms with Crippen molar-refractivity contribution in [1.29, 1.82) is 5.26 Å². The van der Waals surface area contributed by atoms with E-state index in [0.717, 1.165) is 11.1 Å². The number of nitrogens with one attached hydrogen (secondary N) is 1. The van der Waals surface area contributed by atoms with Crippen molar-refractivity contribution >= 4 is 0 Å². The fourth-order valence-corrected chi connectivity index (χ4v) is 2.73. The predicted molar refractivity (Wildman–Crippen MR) is 104 cm³/mol. The van der Waals surface area contributed by atoms with Gasteiger partial charge in [-0.05, 0) is 42.0 Å². The van der Waals surface area contributed by atoms with Crippen LogP contribution >= 0.6 is 0 Å². The maximum absolute atomic E-state index is 13.2. The highest BCUT2D eigenvalue weighted by molar-refractivity contribution is 5.67. The van der Waals surface area contributed by atoms with E-state index in [1.807, 2.05) is 24.3 Å². The zero-order chi connectivity index (χ0) is 20.1. The lowest BCUT2D eigenvalue weighted by Gasteiger charge is -2.09. The number of halogens is 1. The van der Waals surface area contributed by atoms with Crippen molar-refractivity contribution in [1.82, 2.24) is 15.2 Å². The van der Waals surface area contributed by atoms with Gasteiger partial charge >= 0.3 is 0 Å². The van der Waals surface area contributed by atoms with Crippen LogP contribution in [0.5, 0.6) is 17.4 Å². The molecule has 4 rings (SSSR count). The highest BCUT2D eigenvalue weighted by Gasteiger charge is 2.11. The van der Waals surface area contributed by atoms with Gasteiger partial charge in [0.25, 0.3) is 0 Å². The number of nitrogens with zero attached hydrogens (tertiary/aromatic N) is 3. The maximum Gasteiger partial charge on any atom is 0.216 e. The van der Waals surface area contributed by atoms with Crippen molar-refractivity contribution in [3.63, 3.8) is 0 Å². The fraction of sp³-hybridized carbons (Fsp3) is 0.0455. The van der Waals surface area contributed by atoms with Gasteiger partial charge in [0.2, 0.25) is 11.8 Å². The molecule has 2 heterocycles. The van der Waals surface area contributed by atoms with Gasteiger partial charge in [0.1, 0.15) is 18.1 Å². The van der Waals surface area contributed by atoms with Crippen LogP contribution in [0, 0.1) is 17.3 Å². The van der Waals surface area contributed by atoms with E-state index in [1.54, 1.807) is 42.6 Å². The fourth-order valence-electron chi connectivity index (χ4n) is 2.73. The average Bonchev–Trinajstić information content (AvgIpc) is 3.21. The number of ether oxygens (including phenoxy) is 2. The minimum Gasteiger partial charge on any atom is -0.473 e. The van der Waals surface area contributed by atoms with Crippen LogP contribution in [-0.2, 0) is 6.61 Å². The van der Waals surface area contributed by atoms with E-state index in [1.165, 1.54) is 6.07 Å². The van der Waals surface area contributed by atoms with E-state index in [9.17, 15) is 4.39 Å². The molecule has 0 fully saturated rings. The van der Waals surface area contributed by atoms with Crippen LogP contribution < -0.4 is 9.47 Å². The number of hydrogen-bond acceptors (Lipinski definition) is 5. The Balaban J connectivity index is 1.51. The largest absolute Gasteiger partial charge is 0.473 e. The Morgan fingerprint density at radius 1 is 1.03 bits per heavy atom. The first-order valence-electron chi connectivity index (χ1n) is 8.77. The van der Waals surface area contributed by atoms with Crippen LogP contribution in [0.15, 0.2) is 72.9 Å². The highest BCUT2D eigenvalue weighted by Crippen LogP contribution is 2.32. The average molecular weight is 386 g/mol. The Hall–Kier alpha value is -4.18. The molecular weight excluding hydrogens is 371 g/mol. The van der Waals surface area contributed by atoms with Crippen molar-refractivity contribution in [3.8, 4) is 34.7 Å². The lowest BCUT2D eigenvalue weighted by Crippen LogP contribution is -1.98. The van der Waals surface area contributed by atoms with Crippen LogP contribution in [0.4, 0.5) is 4.39 Å². The molecule has 0 aliphatic rings. The summed E-state index contributed by atoms with van der Waals surface area (Å²) >= 11 is 0. The summed E-state index contributed by atoms with van der Waals surface area (Å²) in [6.07, 6.45) is 1.59. The maximum atomic E-state index is 13.2. The second kappa shape index (κ2) is 8.23. The molecule has 0 aliphatic heterocycles. The lowest BCUT2D eigenvalue weighted by molar-refractivity contribution is 0.289. The minimum atomic E-state index is -0.585. The predicted octanol–water partition coefficient (Wildman–Crippen LogP) is 4.85. The van der Waals surface area contributed by atoms with Crippen LogP contribution in [0.3, 0.4) is 0 Å². The quantitative estimate of drug-likeness (QED) is 0.479. The van der Waals surface area contributed by atoms with Gasteiger partial charge in [0, 0.05) is 11.6 Å². The van der Waals surface area contributed by atoms with Crippen molar-refractivity contribution < 1.29 is 13.9 Å². The Morgan fingerprint density at radius 3 is 2.66 bits per heavy atom. The third-order valence-corrected chi connectivity index (χ3v) is 4.11. The first-order chi connectivity index (χ1) is 14.2. The molecule has 0 atom stereocenters. The summed E-state index contributed by atoms with van der Waals surface area (Å²) in [5.41, 5.74) is 3.01. The monoisotopic (exact) mass is 386 g/mol.